The third-order valence-corrected chi connectivity index (χ3v) is 10.8. The van der Waals surface area contributed by atoms with Crippen LogP contribution in [-0.4, -0.2) is 53.4 Å². The Labute approximate surface area is 248 Å². The predicted molar refractivity (Wildman–Crippen MR) is 151 cm³/mol. The number of hydrogen-bond donors (Lipinski definition) is 1. The van der Waals surface area contributed by atoms with Crippen LogP contribution in [0, 0.1) is 0 Å². The van der Waals surface area contributed by atoms with Gasteiger partial charge in [0, 0.05) is 48.1 Å². The molecule has 0 spiro atoms. The van der Waals surface area contributed by atoms with Gasteiger partial charge in [-0.05, 0) is 65.6 Å². The van der Waals surface area contributed by atoms with Crippen LogP contribution in [0.4, 0.5) is 0 Å². The van der Waals surface area contributed by atoms with Crippen molar-refractivity contribution in [3.8, 4) is 0 Å². The van der Waals surface area contributed by atoms with Crippen LogP contribution < -0.4 is 12.4 Å². The summed E-state index contributed by atoms with van der Waals surface area (Å²) >= 11 is 4.77. The van der Waals surface area contributed by atoms with Crippen molar-refractivity contribution >= 4 is 45.9 Å². The van der Waals surface area contributed by atoms with Crippen molar-refractivity contribution in [1.29, 1.82) is 0 Å². The first kappa shape index (κ1) is 30.2. The molecule has 212 valence electrons. The number of carbonyl (C=O) groups is 2. The molecule has 2 unspecified atom stereocenters. The molecular weight excluding hydrogens is 574 g/mol. The minimum Gasteiger partial charge on any atom is -1.00 e. The molecule has 2 bridgehead atoms. The number of nitrogens with zero attached hydrogens (tertiary/aromatic N) is 1. The molecule has 2 fully saturated rings. The molecule has 2 aliphatic heterocycles. The van der Waals surface area contributed by atoms with Crippen LogP contribution in [0.15, 0.2) is 45.8 Å². The van der Waals surface area contributed by atoms with Gasteiger partial charge >= 0.3 is 11.9 Å². The van der Waals surface area contributed by atoms with E-state index in [2.05, 4.69) is 19.2 Å². The van der Waals surface area contributed by atoms with Crippen molar-refractivity contribution < 1.29 is 41.1 Å². The lowest BCUT2D eigenvalue weighted by atomic mass is 9.89. The molecule has 0 radical (unpaired) electrons. The number of halogens is 1. The Morgan fingerprint density at radius 3 is 2.21 bits per heavy atom. The molecule has 0 aliphatic carbocycles. The second-order valence-corrected chi connectivity index (χ2v) is 13.5. The van der Waals surface area contributed by atoms with Crippen LogP contribution in [0.2, 0.25) is 0 Å². The number of aliphatic hydroxyl groups is 1. The van der Waals surface area contributed by atoms with Crippen LogP contribution in [-0.2, 0) is 37.6 Å². The van der Waals surface area contributed by atoms with Crippen LogP contribution >= 0.6 is 34.0 Å². The van der Waals surface area contributed by atoms with Crippen LogP contribution in [0.3, 0.4) is 0 Å². The summed E-state index contributed by atoms with van der Waals surface area (Å²) in [5, 5.41) is 19.0. The molecule has 3 aromatic heterocycles. The molecular formula is C29H36ClNO5S3. The maximum Gasteiger partial charge on any atom is 0.348 e. The van der Waals surface area contributed by atoms with E-state index in [1.807, 2.05) is 39.8 Å². The molecule has 1 N–H and O–H groups in total. The second kappa shape index (κ2) is 12.8. The fourth-order valence-electron chi connectivity index (χ4n) is 6.24. The molecule has 4 atom stereocenters. The third kappa shape index (κ3) is 6.29. The van der Waals surface area contributed by atoms with Gasteiger partial charge in [0.25, 0.3) is 0 Å². The zero-order chi connectivity index (χ0) is 26.8. The topological polar surface area (TPSA) is 72.8 Å². The third-order valence-electron chi connectivity index (χ3n) is 8.34. The fourth-order valence-corrected chi connectivity index (χ4v) is 8.84. The van der Waals surface area contributed by atoms with Gasteiger partial charge in [-0.1, -0.05) is 0 Å². The van der Waals surface area contributed by atoms with Gasteiger partial charge in [-0.3, -0.25) is 4.79 Å². The summed E-state index contributed by atoms with van der Waals surface area (Å²) in [6, 6.07) is 8.89. The Morgan fingerprint density at radius 2 is 1.64 bits per heavy atom. The van der Waals surface area contributed by atoms with Gasteiger partial charge in [-0.25, -0.2) is 4.79 Å². The second-order valence-electron chi connectivity index (χ2n) is 10.6. The van der Waals surface area contributed by atoms with Gasteiger partial charge < -0.3 is 31.5 Å². The Hall–Kier alpha value is -1.75. The number of quaternary nitrogens is 1. The van der Waals surface area contributed by atoms with Gasteiger partial charge in [0.15, 0.2) is 0 Å². The van der Waals surface area contributed by atoms with Gasteiger partial charge in [-0.15, -0.1) is 11.3 Å². The van der Waals surface area contributed by atoms with Crippen LogP contribution in [0.25, 0.3) is 0 Å². The number of ether oxygens (including phenoxy) is 2. The lowest BCUT2D eigenvalue weighted by Crippen LogP contribution is -3.00. The van der Waals surface area contributed by atoms with Crippen molar-refractivity contribution in [3.63, 3.8) is 0 Å². The Kier molecular flexibility index (Phi) is 9.94. The van der Waals surface area contributed by atoms with Crippen molar-refractivity contribution in [1.82, 2.24) is 0 Å². The molecule has 39 heavy (non-hydrogen) atoms. The average Bonchev–Trinajstić information content (AvgIpc) is 3.69. The molecule has 0 aromatic carbocycles. The minimum absolute atomic E-state index is 0. The summed E-state index contributed by atoms with van der Waals surface area (Å²) in [6.07, 6.45) is 5.89. The highest BCUT2D eigenvalue weighted by molar-refractivity contribution is 7.12. The monoisotopic (exact) mass is 609 g/mol. The number of hydrogen-bond acceptors (Lipinski definition) is 8. The lowest BCUT2D eigenvalue weighted by Gasteiger charge is -2.47. The SMILES string of the molecule is CCOC(=O)CCCc1ccc(C[N+]2(C)[C@@H]3CC[C@H]2CC(OC(=O)C(O)(c2ccsc2)c2ccsc2)C3)s1.[Cl-]. The number of carbonyl (C=O) groups excluding carboxylic acids is 2. The summed E-state index contributed by atoms with van der Waals surface area (Å²) in [7, 11) is 2.35. The highest BCUT2D eigenvalue weighted by Crippen LogP contribution is 2.45. The molecule has 5 rings (SSSR count). The Balaban J connectivity index is 0.00000353. The summed E-state index contributed by atoms with van der Waals surface area (Å²) < 4.78 is 12.1. The lowest BCUT2D eigenvalue weighted by molar-refractivity contribution is -0.961. The summed E-state index contributed by atoms with van der Waals surface area (Å²) in [5.41, 5.74) is -0.628. The highest BCUT2D eigenvalue weighted by atomic mass is 35.5. The molecule has 0 saturated carbocycles. The van der Waals surface area contributed by atoms with Crippen LogP contribution in [0.5, 0.6) is 0 Å². The maximum atomic E-state index is 13.5. The van der Waals surface area contributed by atoms with E-state index in [1.165, 1.54) is 32.4 Å². The van der Waals surface area contributed by atoms with Gasteiger partial charge in [0.1, 0.15) is 12.6 Å². The van der Waals surface area contributed by atoms with E-state index in [9.17, 15) is 14.7 Å². The molecule has 3 aromatic rings. The first-order valence-electron chi connectivity index (χ1n) is 13.4. The van der Waals surface area contributed by atoms with E-state index in [0.717, 1.165) is 49.6 Å². The number of esters is 2. The fraction of sp³-hybridized carbons (Fsp3) is 0.517. The van der Waals surface area contributed by atoms with Gasteiger partial charge in [0.05, 0.1) is 30.6 Å². The van der Waals surface area contributed by atoms with Crippen molar-refractivity contribution in [2.75, 3.05) is 13.7 Å². The largest absolute Gasteiger partial charge is 1.00 e. The zero-order valence-electron chi connectivity index (χ0n) is 22.3. The Morgan fingerprint density at radius 1 is 1.03 bits per heavy atom. The van der Waals surface area contributed by atoms with Gasteiger partial charge in [-0.2, -0.15) is 22.7 Å². The average molecular weight is 610 g/mol. The smallest absolute Gasteiger partial charge is 0.348 e. The number of fused-ring (bicyclic) bond motifs is 2. The van der Waals surface area contributed by atoms with E-state index < -0.39 is 11.6 Å². The number of piperidine rings is 1. The minimum atomic E-state index is -1.77. The molecule has 6 nitrogen and oxygen atoms in total. The molecule has 5 heterocycles. The Bertz CT molecular complexity index is 1180. The summed E-state index contributed by atoms with van der Waals surface area (Å²) in [5.74, 6) is -0.688. The summed E-state index contributed by atoms with van der Waals surface area (Å²) in [6.45, 7) is 3.25. The van der Waals surface area contributed by atoms with E-state index in [-0.39, 0.29) is 24.5 Å². The number of aryl methyl sites for hydroxylation is 1. The van der Waals surface area contributed by atoms with E-state index >= 15 is 0 Å². The quantitative estimate of drug-likeness (QED) is 0.267. The van der Waals surface area contributed by atoms with E-state index in [0.29, 0.717) is 36.2 Å². The molecule has 0 amide bonds. The summed E-state index contributed by atoms with van der Waals surface area (Å²) in [4.78, 5) is 27.8. The predicted octanol–water partition coefficient (Wildman–Crippen LogP) is 2.88. The normalized spacial score (nSPS) is 24.2. The molecule has 10 heteroatoms. The van der Waals surface area contributed by atoms with E-state index in [1.54, 1.807) is 12.1 Å². The van der Waals surface area contributed by atoms with Crippen LogP contribution in [0.1, 0.15) is 66.3 Å². The molecule has 2 saturated heterocycles. The van der Waals surface area contributed by atoms with Gasteiger partial charge in [0.2, 0.25) is 5.60 Å². The van der Waals surface area contributed by atoms with Crippen molar-refractivity contribution in [3.05, 3.63) is 66.7 Å². The standard InChI is InChI=1S/C29H36NO5S3.ClH/c1-3-34-27(31)6-4-5-25-9-10-26(38-25)17-30(2)22-7-8-23(30)16-24(15-22)35-28(32)29(33,20-11-13-36-18-20)21-12-14-37-19-21;/h9-14,18-19,22-24,33H,3-8,15-17H2,1-2H3;1H/q+1;/p-1/t22-,23+,24?,30?;. The first-order chi connectivity index (χ1) is 18.3. The maximum absolute atomic E-state index is 13.5. The molecule has 2 aliphatic rings. The van der Waals surface area contributed by atoms with Crippen molar-refractivity contribution in [2.24, 2.45) is 0 Å². The van der Waals surface area contributed by atoms with Crippen molar-refractivity contribution in [2.45, 2.75) is 82.2 Å². The highest BCUT2D eigenvalue weighted by Gasteiger charge is 2.53. The first-order valence-corrected chi connectivity index (χ1v) is 16.1. The number of thiophene rings is 3. The number of rotatable bonds is 11. The zero-order valence-corrected chi connectivity index (χ0v) is 25.6. The van der Waals surface area contributed by atoms with E-state index in [4.69, 9.17) is 9.47 Å².